The van der Waals surface area contributed by atoms with Crippen molar-refractivity contribution in [1.29, 1.82) is 0 Å². The number of piperidine rings is 1. The van der Waals surface area contributed by atoms with Crippen LogP contribution in [0.2, 0.25) is 0 Å². The fourth-order valence-electron chi connectivity index (χ4n) is 3.96. The summed E-state index contributed by atoms with van der Waals surface area (Å²) in [7, 11) is 0. The molecule has 4 rings (SSSR count). The molecule has 1 saturated carbocycles. The van der Waals surface area contributed by atoms with Crippen molar-refractivity contribution in [3.8, 4) is 11.1 Å². The Balaban J connectivity index is 1.73. The van der Waals surface area contributed by atoms with Gasteiger partial charge in [0.05, 0.1) is 0 Å². The van der Waals surface area contributed by atoms with Crippen molar-refractivity contribution in [1.82, 2.24) is 4.90 Å². The Bertz CT molecular complexity index is 741. The molecule has 0 spiro atoms. The molecule has 1 aliphatic heterocycles. The molecule has 23 heavy (non-hydrogen) atoms. The number of nitrogens with zero attached hydrogens (tertiary/aromatic N) is 1. The number of benzene rings is 2. The lowest BCUT2D eigenvalue weighted by molar-refractivity contribution is 0.0713. The van der Waals surface area contributed by atoms with Crippen molar-refractivity contribution >= 4 is 5.91 Å². The van der Waals surface area contributed by atoms with Crippen LogP contribution in [-0.2, 0) is 0 Å². The molecule has 2 N–H and O–H groups in total. The normalized spacial score (nSPS) is 25.3. The van der Waals surface area contributed by atoms with E-state index in [1.54, 1.807) is 0 Å². The second-order valence-electron chi connectivity index (χ2n) is 6.84. The number of aryl methyl sites for hydroxylation is 1. The van der Waals surface area contributed by atoms with Gasteiger partial charge in [0.25, 0.3) is 5.91 Å². The summed E-state index contributed by atoms with van der Waals surface area (Å²) in [5, 5.41) is 0. The average Bonchev–Trinajstić information content (AvgIpc) is 3.26. The summed E-state index contributed by atoms with van der Waals surface area (Å²) >= 11 is 0. The summed E-state index contributed by atoms with van der Waals surface area (Å²) in [5.41, 5.74) is 10.0. The summed E-state index contributed by atoms with van der Waals surface area (Å²) < 4.78 is 0. The SMILES string of the molecule is Cc1ccc(C(=O)N2C[C@H]3C[C@H]3[C@H]2CN)c(-c2ccccc2)c1. The highest BCUT2D eigenvalue weighted by molar-refractivity contribution is 6.01. The van der Waals surface area contributed by atoms with Crippen LogP contribution >= 0.6 is 0 Å². The molecule has 0 radical (unpaired) electrons. The first-order valence-electron chi connectivity index (χ1n) is 8.36. The maximum Gasteiger partial charge on any atom is 0.254 e. The van der Waals surface area contributed by atoms with Crippen molar-refractivity contribution in [2.24, 2.45) is 17.6 Å². The molecule has 3 atom stereocenters. The maximum absolute atomic E-state index is 13.2. The van der Waals surface area contributed by atoms with E-state index in [1.165, 1.54) is 12.0 Å². The van der Waals surface area contributed by atoms with Crippen LogP contribution in [-0.4, -0.2) is 29.9 Å². The molecular formula is C20H22N2O. The highest BCUT2D eigenvalue weighted by atomic mass is 16.2. The molecular weight excluding hydrogens is 284 g/mol. The first-order valence-corrected chi connectivity index (χ1v) is 8.36. The van der Waals surface area contributed by atoms with Gasteiger partial charge in [0, 0.05) is 24.7 Å². The Labute approximate surface area is 137 Å². The lowest BCUT2D eigenvalue weighted by Crippen LogP contribution is -2.42. The Morgan fingerprint density at radius 2 is 2.00 bits per heavy atom. The van der Waals surface area contributed by atoms with E-state index in [1.807, 2.05) is 35.2 Å². The number of carbonyl (C=O) groups excluding carboxylic acids is 1. The number of likely N-dealkylation sites (tertiary alicyclic amines) is 1. The lowest BCUT2D eigenvalue weighted by Gasteiger charge is -2.27. The van der Waals surface area contributed by atoms with E-state index in [2.05, 4.69) is 25.1 Å². The minimum absolute atomic E-state index is 0.131. The quantitative estimate of drug-likeness (QED) is 0.947. The Morgan fingerprint density at radius 1 is 1.22 bits per heavy atom. The van der Waals surface area contributed by atoms with Gasteiger partial charge in [-0.3, -0.25) is 4.79 Å². The van der Waals surface area contributed by atoms with E-state index in [9.17, 15) is 4.79 Å². The third-order valence-corrected chi connectivity index (χ3v) is 5.30. The summed E-state index contributed by atoms with van der Waals surface area (Å²) in [4.78, 5) is 15.2. The number of fused-ring (bicyclic) bond motifs is 1. The van der Waals surface area contributed by atoms with Gasteiger partial charge in [0.2, 0.25) is 0 Å². The third kappa shape index (κ3) is 2.45. The predicted octanol–water partition coefficient (Wildman–Crippen LogP) is 3.08. The van der Waals surface area contributed by atoms with Crippen LogP contribution in [0.1, 0.15) is 22.3 Å². The maximum atomic E-state index is 13.2. The van der Waals surface area contributed by atoms with Crippen LogP contribution in [0.5, 0.6) is 0 Å². The highest BCUT2D eigenvalue weighted by Gasteiger charge is 2.53. The molecule has 3 heteroatoms. The van der Waals surface area contributed by atoms with E-state index in [0.717, 1.165) is 23.2 Å². The minimum atomic E-state index is 0.131. The summed E-state index contributed by atoms with van der Waals surface area (Å²) in [6.07, 6.45) is 1.24. The first kappa shape index (κ1) is 14.5. The monoisotopic (exact) mass is 306 g/mol. The Kier molecular flexibility index (Phi) is 3.46. The van der Waals surface area contributed by atoms with Crippen molar-refractivity contribution in [2.45, 2.75) is 19.4 Å². The number of rotatable bonds is 3. The fraction of sp³-hybridized carbons (Fsp3) is 0.350. The van der Waals surface area contributed by atoms with E-state index in [-0.39, 0.29) is 11.9 Å². The summed E-state index contributed by atoms with van der Waals surface area (Å²) in [6.45, 7) is 3.50. The van der Waals surface area contributed by atoms with Crippen LogP contribution in [0, 0.1) is 18.8 Å². The van der Waals surface area contributed by atoms with Gasteiger partial charge in [-0.25, -0.2) is 0 Å². The molecule has 0 unspecified atom stereocenters. The van der Waals surface area contributed by atoms with Crippen molar-refractivity contribution in [3.05, 3.63) is 59.7 Å². The van der Waals surface area contributed by atoms with Crippen molar-refractivity contribution < 1.29 is 4.79 Å². The van der Waals surface area contributed by atoms with Crippen molar-refractivity contribution in [3.63, 3.8) is 0 Å². The van der Waals surface area contributed by atoms with E-state index < -0.39 is 0 Å². The molecule has 2 aromatic carbocycles. The number of carbonyl (C=O) groups is 1. The molecule has 1 aliphatic carbocycles. The Morgan fingerprint density at radius 3 is 2.74 bits per heavy atom. The van der Waals surface area contributed by atoms with Crippen LogP contribution in [0.4, 0.5) is 0 Å². The first-order chi connectivity index (χ1) is 11.2. The topological polar surface area (TPSA) is 46.3 Å². The van der Waals surface area contributed by atoms with Gasteiger partial charge in [-0.1, -0.05) is 48.0 Å². The molecule has 2 aliphatic rings. The smallest absolute Gasteiger partial charge is 0.254 e. The zero-order chi connectivity index (χ0) is 16.0. The van der Waals surface area contributed by atoms with E-state index >= 15 is 0 Å². The molecule has 0 aromatic heterocycles. The van der Waals surface area contributed by atoms with Gasteiger partial charge in [0.15, 0.2) is 0 Å². The van der Waals surface area contributed by atoms with Crippen molar-refractivity contribution in [2.75, 3.05) is 13.1 Å². The molecule has 2 fully saturated rings. The molecule has 118 valence electrons. The summed E-state index contributed by atoms with van der Waals surface area (Å²) in [5.74, 6) is 1.44. The minimum Gasteiger partial charge on any atom is -0.334 e. The lowest BCUT2D eigenvalue weighted by atomic mass is 9.96. The molecule has 0 bridgehead atoms. The van der Waals surface area contributed by atoms with Crippen LogP contribution < -0.4 is 5.73 Å². The van der Waals surface area contributed by atoms with Gasteiger partial charge in [0.1, 0.15) is 0 Å². The second kappa shape index (κ2) is 5.50. The molecule has 1 heterocycles. The van der Waals surface area contributed by atoms with Crippen LogP contribution in [0.25, 0.3) is 11.1 Å². The van der Waals surface area contributed by atoms with Gasteiger partial charge >= 0.3 is 0 Å². The fourth-order valence-corrected chi connectivity index (χ4v) is 3.96. The largest absolute Gasteiger partial charge is 0.334 e. The van der Waals surface area contributed by atoms with Gasteiger partial charge < -0.3 is 10.6 Å². The highest BCUT2D eigenvalue weighted by Crippen LogP contribution is 2.49. The number of nitrogens with two attached hydrogens (primary N) is 1. The predicted molar refractivity (Wildman–Crippen MR) is 92.1 cm³/mol. The molecule has 1 amide bonds. The number of hydrogen-bond donors (Lipinski definition) is 1. The zero-order valence-electron chi connectivity index (χ0n) is 13.4. The molecule has 1 saturated heterocycles. The van der Waals surface area contributed by atoms with E-state index in [4.69, 9.17) is 5.73 Å². The molecule has 3 nitrogen and oxygen atoms in total. The second-order valence-corrected chi connectivity index (χ2v) is 6.84. The van der Waals surface area contributed by atoms with Gasteiger partial charge in [-0.05, 0) is 42.4 Å². The van der Waals surface area contributed by atoms with E-state index in [0.29, 0.717) is 18.4 Å². The third-order valence-electron chi connectivity index (χ3n) is 5.30. The number of hydrogen-bond acceptors (Lipinski definition) is 2. The molecule has 2 aromatic rings. The number of amides is 1. The Hall–Kier alpha value is -2.13. The summed E-state index contributed by atoms with van der Waals surface area (Å²) in [6, 6.07) is 16.5. The zero-order valence-corrected chi connectivity index (χ0v) is 13.4. The van der Waals surface area contributed by atoms with Gasteiger partial charge in [-0.2, -0.15) is 0 Å². The van der Waals surface area contributed by atoms with Crippen LogP contribution in [0.3, 0.4) is 0 Å². The van der Waals surface area contributed by atoms with Crippen LogP contribution in [0.15, 0.2) is 48.5 Å². The average molecular weight is 306 g/mol. The van der Waals surface area contributed by atoms with Gasteiger partial charge in [-0.15, -0.1) is 0 Å². The standard InChI is InChI=1S/C20H22N2O/c1-13-7-8-16(17(9-13)14-5-3-2-4-6-14)20(23)22-12-15-10-18(15)19(22)11-21/h2-9,15,18-19H,10-12,21H2,1H3/t15-,18-,19-/m1/s1.